The summed E-state index contributed by atoms with van der Waals surface area (Å²) in [5.41, 5.74) is 0. The predicted molar refractivity (Wildman–Crippen MR) is 46.2 cm³/mol. The van der Waals surface area contributed by atoms with Gasteiger partial charge in [-0.3, -0.25) is 9.11 Å². The molecule has 6 heteroatoms. The van der Waals surface area contributed by atoms with E-state index in [0.717, 1.165) is 0 Å². The summed E-state index contributed by atoms with van der Waals surface area (Å²) < 4.78 is 31.6. The van der Waals surface area contributed by atoms with Crippen LogP contribution in [-0.4, -0.2) is 44.2 Å². The van der Waals surface area contributed by atoms with Crippen LogP contribution in [0.4, 0.5) is 0 Å². The maximum atomic E-state index is 8.74. The zero-order valence-electron chi connectivity index (χ0n) is 6.62. The van der Waals surface area contributed by atoms with E-state index in [-0.39, 0.29) is 0 Å². The van der Waals surface area contributed by atoms with E-state index < -0.39 is 17.7 Å². The standard InChI is InChI=1S/C4H13P.H2O4S/c2*1-5(2,3)4/h5H,1-4H3;(H2,1,2,3,4). The molecule has 0 aromatic heterocycles. The van der Waals surface area contributed by atoms with Gasteiger partial charge in [-0.2, -0.15) is 8.42 Å². The third kappa shape index (κ3) is 4910. The van der Waals surface area contributed by atoms with Gasteiger partial charge in [-0.05, 0) is 0 Å². The minimum atomic E-state index is -4.67. The molecule has 0 unspecified atom stereocenters. The Balaban J connectivity index is 0. The molecular weight excluding hydrogens is 175 g/mol. The normalized spacial score (nSPS) is 13.4. The van der Waals surface area contributed by atoms with Crippen LogP contribution in [0.5, 0.6) is 0 Å². The first kappa shape index (κ1) is 12.9. The van der Waals surface area contributed by atoms with Gasteiger partial charge in [0.05, 0.1) is 0 Å². The van der Waals surface area contributed by atoms with Gasteiger partial charge in [0.25, 0.3) is 0 Å². The molecule has 0 aliphatic rings. The molecule has 0 rings (SSSR count). The third-order valence-corrected chi connectivity index (χ3v) is 0. The minimum Gasteiger partial charge on any atom is -0.264 e. The first-order valence-corrected chi connectivity index (χ1v) is 8.10. The number of rotatable bonds is 0. The molecule has 66 valence electrons. The monoisotopic (exact) mass is 190 g/mol. The molecule has 0 aromatic carbocycles. The van der Waals surface area contributed by atoms with Gasteiger partial charge in [0.2, 0.25) is 0 Å². The zero-order valence-corrected chi connectivity index (χ0v) is 8.44. The van der Waals surface area contributed by atoms with Crippen LogP contribution in [0.3, 0.4) is 0 Å². The summed E-state index contributed by atoms with van der Waals surface area (Å²) in [4.78, 5) is 0. The summed E-state index contributed by atoms with van der Waals surface area (Å²) in [6, 6.07) is 0. The summed E-state index contributed by atoms with van der Waals surface area (Å²) in [5.74, 6) is 0. The molecule has 0 bridgehead atoms. The molecule has 0 heterocycles. The molecule has 0 aliphatic carbocycles. The third-order valence-electron chi connectivity index (χ3n) is 0. The summed E-state index contributed by atoms with van der Waals surface area (Å²) in [6.07, 6.45) is 0. The maximum absolute atomic E-state index is 8.74. The van der Waals surface area contributed by atoms with Gasteiger partial charge < -0.3 is 0 Å². The van der Waals surface area contributed by atoms with Crippen molar-refractivity contribution in [3.63, 3.8) is 0 Å². The van der Waals surface area contributed by atoms with E-state index >= 15 is 0 Å². The van der Waals surface area contributed by atoms with Crippen molar-refractivity contribution in [1.82, 2.24) is 0 Å². The van der Waals surface area contributed by atoms with Crippen LogP contribution >= 0.6 is 7.26 Å². The Morgan fingerprint density at radius 3 is 1.00 bits per heavy atom. The summed E-state index contributed by atoms with van der Waals surface area (Å²) in [7, 11) is -5.28. The van der Waals surface area contributed by atoms with Crippen LogP contribution in [0.2, 0.25) is 0 Å². The van der Waals surface area contributed by atoms with Crippen molar-refractivity contribution in [3.8, 4) is 0 Å². The zero-order chi connectivity index (χ0) is 9.00. The van der Waals surface area contributed by atoms with E-state index in [9.17, 15) is 0 Å². The molecule has 0 aliphatic heterocycles. The van der Waals surface area contributed by atoms with E-state index in [4.69, 9.17) is 17.5 Å². The van der Waals surface area contributed by atoms with Crippen molar-refractivity contribution < 1.29 is 17.5 Å². The SMILES string of the molecule is C[PH](C)(C)C.O=S(=O)(O)O. The first-order chi connectivity index (χ1) is 4.00. The van der Waals surface area contributed by atoms with Gasteiger partial charge in [0.15, 0.2) is 0 Å². The Morgan fingerprint density at radius 1 is 1.00 bits per heavy atom. The Hall–Kier alpha value is 0.300. The van der Waals surface area contributed by atoms with Crippen LogP contribution in [0.25, 0.3) is 0 Å². The fraction of sp³-hybridized carbons (Fsp3) is 1.00. The molecular formula is C4H15O4PS. The fourth-order valence-electron chi connectivity index (χ4n) is 0. The van der Waals surface area contributed by atoms with E-state index in [1.54, 1.807) is 0 Å². The number of hydrogen-bond donors (Lipinski definition) is 2. The molecule has 2 N–H and O–H groups in total. The van der Waals surface area contributed by atoms with Crippen molar-refractivity contribution in [2.45, 2.75) is 0 Å². The molecule has 0 atom stereocenters. The predicted octanol–water partition coefficient (Wildman–Crippen LogP) is 0.603. The van der Waals surface area contributed by atoms with Crippen LogP contribution < -0.4 is 0 Å². The van der Waals surface area contributed by atoms with Crippen molar-refractivity contribution in [2.75, 3.05) is 26.7 Å². The van der Waals surface area contributed by atoms with Crippen LogP contribution in [0, 0.1) is 0 Å². The van der Waals surface area contributed by atoms with Gasteiger partial charge in [0, 0.05) is 0 Å². The Bertz CT molecular complexity index is 152. The second-order valence-corrected chi connectivity index (χ2v) is 10.3. The molecule has 0 radical (unpaired) electrons. The molecule has 0 aromatic rings. The van der Waals surface area contributed by atoms with Crippen molar-refractivity contribution in [3.05, 3.63) is 0 Å². The molecule has 0 saturated heterocycles. The van der Waals surface area contributed by atoms with Crippen LogP contribution in [0.1, 0.15) is 0 Å². The Morgan fingerprint density at radius 2 is 1.00 bits per heavy atom. The van der Waals surface area contributed by atoms with Gasteiger partial charge in [0.1, 0.15) is 0 Å². The van der Waals surface area contributed by atoms with Gasteiger partial charge in [-0.25, -0.2) is 0 Å². The first-order valence-electron chi connectivity index (χ1n) is 2.70. The van der Waals surface area contributed by atoms with Crippen molar-refractivity contribution >= 4 is 17.7 Å². The average Bonchev–Trinajstić information content (AvgIpc) is 1.12. The summed E-state index contributed by atoms with van der Waals surface area (Å²) in [5, 5.41) is 0. The van der Waals surface area contributed by atoms with Crippen molar-refractivity contribution in [1.29, 1.82) is 0 Å². The Labute approximate surface area is 62.6 Å². The van der Waals surface area contributed by atoms with E-state index in [1.807, 2.05) is 0 Å². The van der Waals surface area contributed by atoms with E-state index in [2.05, 4.69) is 26.7 Å². The number of hydrogen-bond acceptors (Lipinski definition) is 2. The maximum Gasteiger partial charge on any atom is 0.394 e. The molecule has 10 heavy (non-hydrogen) atoms. The summed E-state index contributed by atoms with van der Waals surface area (Å²) >= 11 is 0. The second-order valence-electron chi connectivity index (χ2n) is 3.45. The van der Waals surface area contributed by atoms with Gasteiger partial charge in [-0.1, -0.05) is 0 Å². The van der Waals surface area contributed by atoms with E-state index in [0.29, 0.717) is 0 Å². The minimum absolute atomic E-state index is 0.611. The smallest absolute Gasteiger partial charge is 0.264 e. The van der Waals surface area contributed by atoms with E-state index in [1.165, 1.54) is 0 Å². The molecule has 0 fully saturated rings. The molecule has 0 saturated carbocycles. The van der Waals surface area contributed by atoms with Crippen LogP contribution in [-0.2, 0) is 10.4 Å². The quantitative estimate of drug-likeness (QED) is 0.433. The fourth-order valence-corrected chi connectivity index (χ4v) is 0. The average molecular weight is 190 g/mol. The van der Waals surface area contributed by atoms with Crippen molar-refractivity contribution in [2.24, 2.45) is 0 Å². The van der Waals surface area contributed by atoms with Crippen LogP contribution in [0.15, 0.2) is 0 Å². The second kappa shape index (κ2) is 4.23. The molecule has 0 spiro atoms. The molecule has 0 amide bonds. The summed E-state index contributed by atoms with van der Waals surface area (Å²) in [6.45, 7) is 9.31. The molecule has 4 nitrogen and oxygen atoms in total. The van der Waals surface area contributed by atoms with Gasteiger partial charge in [-0.15, -0.1) is 0 Å². The topological polar surface area (TPSA) is 74.6 Å². The Kier molecular flexibility index (Phi) is 5.48. The largest absolute Gasteiger partial charge is 0.394 e. The van der Waals surface area contributed by atoms with Gasteiger partial charge >= 0.3 is 44.3 Å².